The minimum absolute atomic E-state index is 0.0850. The first-order valence-electron chi connectivity index (χ1n) is 9.04. The molecule has 2 aromatic carbocycles. The number of hydrogen-bond acceptors (Lipinski definition) is 3. The molecule has 1 aliphatic rings. The minimum atomic E-state index is -0.771. The van der Waals surface area contributed by atoms with Gasteiger partial charge in [-0.2, -0.15) is 0 Å². The van der Waals surface area contributed by atoms with Crippen LogP contribution in [0.3, 0.4) is 0 Å². The molecule has 1 fully saturated rings. The highest BCUT2D eigenvalue weighted by atomic mass is 16.5. The van der Waals surface area contributed by atoms with Crippen molar-refractivity contribution >= 4 is 22.4 Å². The van der Waals surface area contributed by atoms with Gasteiger partial charge in [0.2, 0.25) is 0 Å². The second-order valence-electron chi connectivity index (χ2n) is 7.03. The Bertz CT molecular complexity index is 769. The third-order valence-corrected chi connectivity index (χ3v) is 5.27. The molecule has 0 radical (unpaired) electrons. The van der Waals surface area contributed by atoms with Gasteiger partial charge in [-0.25, -0.2) is 0 Å². The van der Waals surface area contributed by atoms with E-state index in [-0.39, 0.29) is 12.0 Å². The second kappa shape index (κ2) is 7.04. The van der Waals surface area contributed by atoms with E-state index in [2.05, 4.69) is 19.2 Å². The molecule has 2 atom stereocenters. The van der Waals surface area contributed by atoms with E-state index in [4.69, 9.17) is 9.47 Å². The summed E-state index contributed by atoms with van der Waals surface area (Å²) in [6.07, 6.45) is 3.18. The van der Waals surface area contributed by atoms with Gasteiger partial charge in [0.05, 0.1) is 6.10 Å². The van der Waals surface area contributed by atoms with Gasteiger partial charge < -0.3 is 14.8 Å². The summed E-state index contributed by atoms with van der Waals surface area (Å²) in [4.78, 5) is 12.8. The van der Waals surface area contributed by atoms with Crippen molar-refractivity contribution in [3.8, 4) is 5.75 Å². The lowest BCUT2D eigenvalue weighted by atomic mass is 9.98. The molecule has 2 aromatic rings. The Morgan fingerprint density at radius 3 is 2.52 bits per heavy atom. The van der Waals surface area contributed by atoms with Crippen LogP contribution in [0.4, 0.5) is 5.69 Å². The summed E-state index contributed by atoms with van der Waals surface area (Å²) in [6, 6.07) is 11.9. The first-order valence-corrected chi connectivity index (χ1v) is 9.04. The monoisotopic (exact) mass is 341 g/mol. The van der Waals surface area contributed by atoms with Crippen LogP contribution >= 0.6 is 0 Å². The number of carbonyl (C=O) groups excluding carboxylic acids is 1. The molecule has 1 amide bonds. The van der Waals surface area contributed by atoms with Crippen molar-refractivity contribution in [1.29, 1.82) is 0 Å². The van der Waals surface area contributed by atoms with E-state index >= 15 is 0 Å². The number of hydrogen-bond donors (Lipinski definition) is 1. The molecular formula is C21H27NO3. The van der Waals surface area contributed by atoms with E-state index in [9.17, 15) is 4.79 Å². The summed E-state index contributed by atoms with van der Waals surface area (Å²) in [5, 5.41) is 5.06. The van der Waals surface area contributed by atoms with Crippen LogP contribution in [0.2, 0.25) is 0 Å². The number of rotatable bonds is 7. The number of fused-ring (bicyclic) bond motifs is 1. The Morgan fingerprint density at radius 2 is 1.92 bits per heavy atom. The standard InChI is InChI=1S/C21H27NO3/c1-5-14(2)25-19-13-12-18(16-8-6-7-9-17(16)19)22-20(23)21(3,24-4)15-10-11-15/h6-9,12-15H,5,10-11H2,1-4H3,(H,22,23)/t14-,21+/m1/s1. The van der Waals surface area contributed by atoms with E-state index in [1.807, 2.05) is 43.3 Å². The van der Waals surface area contributed by atoms with Crippen molar-refractivity contribution in [2.45, 2.75) is 51.7 Å². The van der Waals surface area contributed by atoms with E-state index in [1.165, 1.54) is 0 Å². The van der Waals surface area contributed by atoms with Crippen molar-refractivity contribution in [3.63, 3.8) is 0 Å². The van der Waals surface area contributed by atoms with Crippen LogP contribution in [0.1, 0.15) is 40.0 Å². The molecule has 4 nitrogen and oxygen atoms in total. The Kier molecular flexibility index (Phi) is 5.00. The predicted octanol–water partition coefficient (Wildman–Crippen LogP) is 4.77. The summed E-state index contributed by atoms with van der Waals surface area (Å²) in [7, 11) is 1.61. The molecule has 25 heavy (non-hydrogen) atoms. The fraction of sp³-hybridized carbons (Fsp3) is 0.476. The SMILES string of the molecule is CC[C@@H](C)Oc1ccc(NC(=O)[C@@](C)(OC)C2CC2)c2ccccc12. The number of amides is 1. The summed E-state index contributed by atoms with van der Waals surface area (Å²) >= 11 is 0. The zero-order valence-electron chi connectivity index (χ0n) is 15.5. The van der Waals surface area contributed by atoms with Gasteiger partial charge >= 0.3 is 0 Å². The van der Waals surface area contributed by atoms with Crippen LogP contribution in [-0.2, 0) is 9.53 Å². The van der Waals surface area contributed by atoms with Crippen LogP contribution in [0, 0.1) is 5.92 Å². The minimum Gasteiger partial charge on any atom is -0.490 e. The third kappa shape index (κ3) is 3.49. The van der Waals surface area contributed by atoms with Crippen molar-refractivity contribution in [1.82, 2.24) is 0 Å². The van der Waals surface area contributed by atoms with Crippen molar-refractivity contribution in [2.24, 2.45) is 5.92 Å². The van der Waals surface area contributed by atoms with Gasteiger partial charge in [0.15, 0.2) is 0 Å². The third-order valence-electron chi connectivity index (χ3n) is 5.27. The second-order valence-corrected chi connectivity index (χ2v) is 7.03. The average Bonchev–Trinajstić information content (AvgIpc) is 3.48. The van der Waals surface area contributed by atoms with Crippen LogP contribution in [0.15, 0.2) is 36.4 Å². The van der Waals surface area contributed by atoms with Gasteiger partial charge in [0.1, 0.15) is 11.4 Å². The van der Waals surface area contributed by atoms with Gasteiger partial charge in [-0.15, -0.1) is 0 Å². The summed E-state index contributed by atoms with van der Waals surface area (Å²) in [6.45, 7) is 6.04. The molecule has 3 rings (SSSR count). The molecule has 1 aliphatic carbocycles. The number of methoxy groups -OCH3 is 1. The normalized spacial score (nSPS) is 17.8. The van der Waals surface area contributed by atoms with Gasteiger partial charge in [0.25, 0.3) is 5.91 Å². The Morgan fingerprint density at radius 1 is 1.24 bits per heavy atom. The first-order chi connectivity index (χ1) is 12.0. The maximum absolute atomic E-state index is 12.8. The smallest absolute Gasteiger partial charge is 0.256 e. The molecule has 0 bridgehead atoms. The van der Waals surface area contributed by atoms with Crippen LogP contribution < -0.4 is 10.1 Å². The van der Waals surface area contributed by atoms with E-state index in [0.717, 1.165) is 41.5 Å². The number of anilines is 1. The molecule has 0 spiro atoms. The Labute approximate surface area is 149 Å². The first kappa shape index (κ1) is 17.7. The molecule has 4 heteroatoms. The molecule has 0 saturated heterocycles. The highest BCUT2D eigenvalue weighted by Crippen LogP contribution is 2.42. The molecule has 0 heterocycles. The van der Waals surface area contributed by atoms with E-state index < -0.39 is 5.60 Å². The molecular weight excluding hydrogens is 314 g/mol. The van der Waals surface area contributed by atoms with Crippen LogP contribution in [0.5, 0.6) is 5.75 Å². The fourth-order valence-electron chi connectivity index (χ4n) is 3.11. The van der Waals surface area contributed by atoms with Gasteiger partial charge in [-0.05, 0) is 51.2 Å². The van der Waals surface area contributed by atoms with Crippen molar-refractivity contribution in [2.75, 3.05) is 12.4 Å². The largest absolute Gasteiger partial charge is 0.490 e. The van der Waals surface area contributed by atoms with E-state index in [1.54, 1.807) is 7.11 Å². The molecule has 0 aromatic heterocycles. The highest BCUT2D eigenvalue weighted by Gasteiger charge is 2.47. The molecule has 1 saturated carbocycles. The molecule has 1 N–H and O–H groups in total. The number of nitrogens with one attached hydrogen (secondary N) is 1. The zero-order chi connectivity index (χ0) is 18.0. The summed E-state index contributed by atoms with van der Waals surface area (Å²) < 4.78 is 11.6. The van der Waals surface area contributed by atoms with Gasteiger partial charge in [-0.3, -0.25) is 4.79 Å². The molecule has 0 unspecified atom stereocenters. The average molecular weight is 341 g/mol. The summed E-state index contributed by atoms with van der Waals surface area (Å²) in [5.74, 6) is 1.06. The van der Waals surface area contributed by atoms with Crippen molar-refractivity contribution < 1.29 is 14.3 Å². The summed E-state index contributed by atoms with van der Waals surface area (Å²) in [5.41, 5.74) is 0.0218. The number of carbonyl (C=O) groups is 1. The lowest BCUT2D eigenvalue weighted by Crippen LogP contribution is -2.44. The predicted molar refractivity (Wildman–Crippen MR) is 101 cm³/mol. The van der Waals surface area contributed by atoms with Gasteiger partial charge in [0, 0.05) is 23.6 Å². The highest BCUT2D eigenvalue weighted by molar-refractivity contribution is 6.06. The number of benzene rings is 2. The lowest BCUT2D eigenvalue weighted by molar-refractivity contribution is -0.138. The zero-order valence-corrected chi connectivity index (χ0v) is 15.5. The van der Waals surface area contributed by atoms with Crippen molar-refractivity contribution in [3.05, 3.63) is 36.4 Å². The van der Waals surface area contributed by atoms with Crippen LogP contribution in [-0.4, -0.2) is 24.7 Å². The maximum atomic E-state index is 12.8. The van der Waals surface area contributed by atoms with Crippen LogP contribution in [0.25, 0.3) is 10.8 Å². The maximum Gasteiger partial charge on any atom is 0.256 e. The molecule has 0 aliphatic heterocycles. The van der Waals surface area contributed by atoms with E-state index in [0.29, 0.717) is 5.92 Å². The topological polar surface area (TPSA) is 47.6 Å². The fourth-order valence-corrected chi connectivity index (χ4v) is 3.11. The number of ether oxygens (including phenoxy) is 2. The Hall–Kier alpha value is -2.07. The Balaban J connectivity index is 1.92. The lowest BCUT2D eigenvalue weighted by Gasteiger charge is -2.27. The van der Waals surface area contributed by atoms with Gasteiger partial charge in [-0.1, -0.05) is 31.2 Å². The molecule has 134 valence electrons. The quantitative estimate of drug-likeness (QED) is 0.789.